The van der Waals surface area contributed by atoms with E-state index >= 15 is 0 Å². The number of hydrogen-bond acceptors (Lipinski definition) is 3. The van der Waals surface area contributed by atoms with Crippen molar-refractivity contribution in [3.05, 3.63) is 82.7 Å². The lowest BCUT2D eigenvalue weighted by molar-refractivity contribution is -0.603. The number of para-hydroxylation sites is 1. The molecule has 0 radical (unpaired) electrons. The number of imidazole rings is 1. The van der Waals surface area contributed by atoms with Crippen LogP contribution in [0.15, 0.2) is 42.7 Å². The van der Waals surface area contributed by atoms with Gasteiger partial charge in [0.1, 0.15) is 11.5 Å². The van der Waals surface area contributed by atoms with Crippen molar-refractivity contribution in [3.8, 4) is 5.69 Å². The molecule has 166 valence electrons. The number of benzene rings is 2. The second-order valence-electron chi connectivity index (χ2n) is 7.67. The number of hydrogen-bond donors (Lipinski definition) is 3. The highest BCUT2D eigenvalue weighted by atomic mass is 19.2. The minimum atomic E-state index is -1.30. The Hall–Kier alpha value is -3.66. The first-order valence-electron chi connectivity index (χ1n) is 9.85. The maximum Gasteiger partial charge on any atom is 0.380 e. The van der Waals surface area contributed by atoms with E-state index in [2.05, 4.69) is 4.98 Å². The molecular weight excluding hydrogens is 425 g/mol. The zero-order chi connectivity index (χ0) is 23.0. The van der Waals surface area contributed by atoms with Crippen LogP contribution in [0.5, 0.6) is 0 Å². The first-order chi connectivity index (χ1) is 15.2. The highest BCUT2D eigenvalue weighted by Crippen LogP contribution is 2.22. The van der Waals surface area contributed by atoms with Gasteiger partial charge in [-0.1, -0.05) is 18.2 Å². The number of aromatic nitrogens is 2. The van der Waals surface area contributed by atoms with Gasteiger partial charge in [-0.05, 0) is 24.1 Å². The number of carboxylic acids is 1. The third-order valence-corrected chi connectivity index (χ3v) is 5.45. The first kappa shape index (κ1) is 21.6. The van der Waals surface area contributed by atoms with Gasteiger partial charge in [0.05, 0.1) is 13.1 Å². The Labute approximate surface area is 180 Å². The number of aromatic amines is 1. The first-order valence-corrected chi connectivity index (χ1v) is 9.85. The van der Waals surface area contributed by atoms with Gasteiger partial charge in [-0.3, -0.25) is 4.79 Å². The molecule has 1 aliphatic rings. The number of carbonyl (C=O) groups excluding carboxylic acids is 1. The average molecular weight is 445 g/mol. The molecule has 10 heteroatoms. The summed E-state index contributed by atoms with van der Waals surface area (Å²) in [4.78, 5) is 28.9. The molecule has 1 atom stereocenters. The topological polar surface area (TPSA) is 103 Å². The van der Waals surface area contributed by atoms with E-state index in [9.17, 15) is 27.9 Å². The molecule has 0 spiro atoms. The minimum Gasteiger partial charge on any atom is -0.475 e. The molecule has 1 aliphatic heterocycles. The van der Waals surface area contributed by atoms with Crippen molar-refractivity contribution in [1.29, 1.82) is 0 Å². The van der Waals surface area contributed by atoms with Gasteiger partial charge >= 0.3 is 5.97 Å². The van der Waals surface area contributed by atoms with Crippen LogP contribution >= 0.6 is 0 Å². The monoisotopic (exact) mass is 445 g/mol. The number of carbonyl (C=O) groups is 2. The highest BCUT2D eigenvalue weighted by molar-refractivity contribution is 5.86. The Kier molecular flexibility index (Phi) is 5.70. The Morgan fingerprint density at radius 1 is 1.12 bits per heavy atom. The summed E-state index contributed by atoms with van der Waals surface area (Å²) in [6, 6.07) is 7.62. The molecule has 0 bridgehead atoms. The molecule has 1 amide bonds. The fraction of sp³-hybridized carbons (Fsp3) is 0.227. The number of nitrogens with zero attached hydrogens (tertiary/aromatic N) is 2. The number of halogens is 3. The number of aromatic carboxylic acids is 1. The molecular formula is C22H20F3N4O3+. The van der Waals surface area contributed by atoms with Crippen molar-refractivity contribution in [2.24, 2.45) is 5.73 Å². The van der Waals surface area contributed by atoms with E-state index in [1.165, 1.54) is 11.2 Å². The normalized spacial score (nSPS) is 13.8. The number of carboxylic acid groups (broad SMARTS) is 1. The molecule has 0 fully saturated rings. The summed E-state index contributed by atoms with van der Waals surface area (Å²) in [5.41, 5.74) is 7.81. The lowest BCUT2D eigenvalue weighted by Gasteiger charge is -2.22. The standard InChI is InChI=1S/C22H19F3N4O3/c23-15-8-17(25)16(24)6-13(15)5-14(26)7-20(30)28-9-12-3-1-2-4-18(12)29-11-27-21(22(31)32)19(29)10-28/h1-4,6,8,11,14H,5,7,9-10,26H2,(H,31,32)/p+1/t14-/m1/s1. The number of fused-ring (bicyclic) bond motifs is 3. The fourth-order valence-corrected chi connectivity index (χ4v) is 3.89. The van der Waals surface area contributed by atoms with Crippen LogP contribution in [0.2, 0.25) is 0 Å². The summed E-state index contributed by atoms with van der Waals surface area (Å²) in [6.45, 7) is 0.243. The molecule has 0 saturated carbocycles. The van der Waals surface area contributed by atoms with Gasteiger partial charge in [-0.15, -0.1) is 0 Å². The van der Waals surface area contributed by atoms with E-state index in [0.717, 1.165) is 17.3 Å². The lowest BCUT2D eigenvalue weighted by Crippen LogP contribution is -2.38. The third-order valence-electron chi connectivity index (χ3n) is 5.45. The van der Waals surface area contributed by atoms with E-state index in [1.54, 1.807) is 4.57 Å². The van der Waals surface area contributed by atoms with Crippen molar-refractivity contribution >= 4 is 11.9 Å². The molecule has 0 unspecified atom stereocenters. The largest absolute Gasteiger partial charge is 0.475 e. The molecule has 3 aromatic rings. The Morgan fingerprint density at radius 3 is 2.59 bits per heavy atom. The van der Waals surface area contributed by atoms with Crippen LogP contribution in [0.3, 0.4) is 0 Å². The zero-order valence-corrected chi connectivity index (χ0v) is 16.8. The van der Waals surface area contributed by atoms with Crippen molar-refractivity contribution < 1.29 is 32.4 Å². The van der Waals surface area contributed by atoms with E-state index < -0.39 is 29.5 Å². The van der Waals surface area contributed by atoms with Crippen molar-refractivity contribution in [1.82, 2.24) is 9.88 Å². The summed E-state index contributed by atoms with van der Waals surface area (Å²) in [6.07, 6.45) is 1.18. The Bertz CT molecular complexity index is 1210. The molecule has 1 aromatic heterocycles. The van der Waals surface area contributed by atoms with Crippen LogP contribution in [-0.2, 0) is 24.3 Å². The summed E-state index contributed by atoms with van der Waals surface area (Å²) in [5, 5.41) is 9.51. The van der Waals surface area contributed by atoms with Gasteiger partial charge in [0, 0.05) is 24.1 Å². The van der Waals surface area contributed by atoms with Crippen molar-refractivity contribution in [2.45, 2.75) is 32.0 Å². The van der Waals surface area contributed by atoms with E-state index in [-0.39, 0.29) is 43.1 Å². The zero-order valence-electron chi connectivity index (χ0n) is 16.8. The van der Waals surface area contributed by atoms with E-state index in [0.29, 0.717) is 11.8 Å². The molecule has 32 heavy (non-hydrogen) atoms. The van der Waals surface area contributed by atoms with Gasteiger partial charge in [0.25, 0.3) is 5.69 Å². The summed E-state index contributed by atoms with van der Waals surface area (Å²) in [5.74, 6) is -4.96. The number of nitrogens with one attached hydrogen (secondary N) is 1. The Balaban J connectivity index is 1.57. The second kappa shape index (κ2) is 8.46. The van der Waals surface area contributed by atoms with Gasteiger partial charge in [0.15, 0.2) is 17.3 Å². The number of rotatable bonds is 5. The van der Waals surface area contributed by atoms with Gasteiger partial charge < -0.3 is 15.7 Å². The SMILES string of the molecule is N[C@@H](CC(=O)N1Cc2ccccc2-[n+]2c[nH]c(C(=O)O)c2C1)Cc1cc(F)c(F)cc1F. The fourth-order valence-electron chi connectivity index (χ4n) is 3.89. The summed E-state index contributed by atoms with van der Waals surface area (Å²) < 4.78 is 42.2. The lowest BCUT2D eigenvalue weighted by atomic mass is 10.0. The van der Waals surface area contributed by atoms with Gasteiger partial charge in [-0.2, -0.15) is 4.57 Å². The van der Waals surface area contributed by atoms with Crippen LogP contribution in [0.1, 0.15) is 33.7 Å². The van der Waals surface area contributed by atoms with Crippen LogP contribution in [0, 0.1) is 17.5 Å². The smallest absolute Gasteiger partial charge is 0.380 e. The van der Waals surface area contributed by atoms with Crippen LogP contribution in [-0.4, -0.2) is 32.9 Å². The number of nitrogens with two attached hydrogens (primary N) is 1. The predicted octanol–water partition coefficient (Wildman–Crippen LogP) is 2.21. The van der Waals surface area contributed by atoms with Crippen molar-refractivity contribution in [2.75, 3.05) is 0 Å². The second-order valence-corrected chi connectivity index (χ2v) is 7.67. The number of H-pyrrole nitrogens is 1. The number of amides is 1. The Morgan fingerprint density at radius 2 is 1.84 bits per heavy atom. The average Bonchev–Trinajstić information content (AvgIpc) is 3.08. The van der Waals surface area contributed by atoms with E-state index in [1.807, 2.05) is 24.3 Å². The third kappa shape index (κ3) is 4.09. The molecule has 2 aromatic carbocycles. The molecule has 2 heterocycles. The summed E-state index contributed by atoms with van der Waals surface area (Å²) >= 11 is 0. The minimum absolute atomic E-state index is 0.0188. The van der Waals surface area contributed by atoms with E-state index in [4.69, 9.17) is 5.73 Å². The van der Waals surface area contributed by atoms with Crippen molar-refractivity contribution in [3.63, 3.8) is 0 Å². The summed E-state index contributed by atoms with van der Waals surface area (Å²) in [7, 11) is 0. The molecule has 4 rings (SSSR count). The van der Waals surface area contributed by atoms with Crippen LogP contribution in [0.25, 0.3) is 5.69 Å². The van der Waals surface area contributed by atoms with Crippen LogP contribution < -0.4 is 10.3 Å². The molecule has 7 nitrogen and oxygen atoms in total. The van der Waals surface area contributed by atoms with Gasteiger partial charge in [0.2, 0.25) is 12.2 Å². The maximum atomic E-state index is 13.9. The van der Waals surface area contributed by atoms with Crippen LogP contribution in [0.4, 0.5) is 13.2 Å². The molecule has 4 N–H and O–H groups in total. The maximum absolute atomic E-state index is 13.9. The van der Waals surface area contributed by atoms with Gasteiger partial charge in [-0.25, -0.2) is 22.9 Å². The predicted molar refractivity (Wildman–Crippen MR) is 106 cm³/mol. The quantitative estimate of drug-likeness (QED) is 0.414. The molecule has 0 aliphatic carbocycles. The highest BCUT2D eigenvalue weighted by Gasteiger charge is 2.33. The molecule has 0 saturated heterocycles.